The number of ketones is 1. The molecule has 5 aromatic rings. The normalized spacial score (nSPS) is 16.2. The molecule has 9 rings (SSSR count). The van der Waals surface area contributed by atoms with Crippen molar-refractivity contribution in [1.29, 1.82) is 0 Å². The predicted molar refractivity (Wildman–Crippen MR) is 268 cm³/mol. The van der Waals surface area contributed by atoms with E-state index in [4.69, 9.17) is 33.4 Å². The van der Waals surface area contributed by atoms with Crippen molar-refractivity contribution in [1.82, 2.24) is 0 Å². The van der Waals surface area contributed by atoms with E-state index >= 15 is 0 Å². The molecule has 0 N–H and O–H groups in total. The summed E-state index contributed by atoms with van der Waals surface area (Å²) in [6.07, 6.45) is 9.14. The quantitative estimate of drug-likeness (QED) is 0.0620. The van der Waals surface area contributed by atoms with Crippen LogP contribution < -0.4 is 28.9 Å². The number of aliphatic imine (C=N–C) groups is 1. The lowest BCUT2D eigenvalue weighted by atomic mass is 10.0. The average molecular weight is 933 g/mol. The topological polar surface area (TPSA) is 129 Å². The molecule has 4 heterocycles. The second kappa shape index (κ2) is 21.7. The first-order valence-electron chi connectivity index (χ1n) is 23.9. The summed E-state index contributed by atoms with van der Waals surface area (Å²) in [5.41, 5.74) is 10.1. The number of fused-ring (bicyclic) bond motifs is 8. The van der Waals surface area contributed by atoms with Gasteiger partial charge in [0.05, 0.1) is 63.5 Å². The molecular formula is C56H60N4O9. The fraction of sp³-hybridized carbons (Fsp3) is 0.357. The number of benzene rings is 5. The molecule has 0 saturated carbocycles. The van der Waals surface area contributed by atoms with E-state index in [0.717, 1.165) is 51.3 Å². The standard InChI is InChI=1S/C56H60N4O9/c1-5-46(61)13-10-18-58(19-20-66-23-24-67-22-21-64-3)44-27-38(35-68-52-31-40-16-17-43-29-41-11-6-8-14-50(41)59(43)55(62)47(40)25-37(52)2)26-39(28-44)36-69-54-33-49-48(32-53(54)65-4)56(63)60-45(34-57-49)30-42-12-7-9-15-51(42)60/h6-9,11-12,14-17,25-28,31-34,43,45H,5,10,13,18-24,29-30,35-36H2,1-4H3/t43-,45+/m1/s1. The Morgan fingerprint density at radius 2 is 1.36 bits per heavy atom. The summed E-state index contributed by atoms with van der Waals surface area (Å²) in [6.45, 7) is 7.84. The number of rotatable bonds is 22. The van der Waals surface area contributed by atoms with Crippen LogP contribution in [0.1, 0.15) is 80.3 Å². The largest absolute Gasteiger partial charge is 0.493 e. The summed E-state index contributed by atoms with van der Waals surface area (Å²) in [6, 6.07) is 29.5. The molecule has 2 atom stereocenters. The number of hydrogen-bond donors (Lipinski definition) is 0. The van der Waals surface area contributed by atoms with Crippen molar-refractivity contribution in [3.63, 3.8) is 0 Å². The van der Waals surface area contributed by atoms with Crippen molar-refractivity contribution in [2.24, 2.45) is 4.99 Å². The number of carbonyl (C=O) groups excluding carboxylic acids is 3. The molecule has 69 heavy (non-hydrogen) atoms. The minimum Gasteiger partial charge on any atom is -0.493 e. The molecule has 13 nitrogen and oxygen atoms in total. The Kier molecular flexibility index (Phi) is 14.8. The Bertz CT molecular complexity index is 2770. The SMILES string of the molecule is CCC(=O)CCCN(CCOCCOCCOC)c1cc(COc2cc3c(cc2C)C(=O)N2c4ccccc4C[C@H]2C=C3)cc(COc2cc3c(cc2OC)C(=O)N2c4ccccc4C[C@H]2C=N3)c1. The third-order valence-electron chi connectivity index (χ3n) is 13.2. The van der Waals surface area contributed by atoms with Crippen LogP contribution >= 0.6 is 0 Å². The number of amides is 2. The number of nitrogens with zero attached hydrogens (tertiary/aromatic N) is 4. The van der Waals surface area contributed by atoms with Gasteiger partial charge in [0, 0.05) is 74.4 Å². The third-order valence-corrected chi connectivity index (χ3v) is 13.2. The molecule has 0 bridgehead atoms. The molecule has 13 heteroatoms. The van der Waals surface area contributed by atoms with Crippen molar-refractivity contribution >= 4 is 52.6 Å². The van der Waals surface area contributed by atoms with E-state index in [1.807, 2.05) is 84.5 Å². The number of methoxy groups -OCH3 is 2. The van der Waals surface area contributed by atoms with E-state index in [1.165, 1.54) is 5.56 Å². The number of aryl methyl sites for hydroxylation is 1. The zero-order valence-electron chi connectivity index (χ0n) is 39.9. The molecule has 358 valence electrons. The van der Waals surface area contributed by atoms with Gasteiger partial charge in [0.15, 0.2) is 11.5 Å². The molecule has 0 aliphatic carbocycles. The van der Waals surface area contributed by atoms with E-state index in [2.05, 4.69) is 41.3 Å². The number of Topliss-reactive ketones (excluding diaryl/α,β-unsaturated/α-hetero) is 1. The van der Waals surface area contributed by atoms with Crippen LogP contribution in [0.15, 0.2) is 102 Å². The first kappa shape index (κ1) is 47.3. The lowest BCUT2D eigenvalue weighted by Gasteiger charge is -2.26. The summed E-state index contributed by atoms with van der Waals surface area (Å²) >= 11 is 0. The predicted octanol–water partition coefficient (Wildman–Crippen LogP) is 9.29. The van der Waals surface area contributed by atoms with Gasteiger partial charge in [-0.1, -0.05) is 55.5 Å². The Morgan fingerprint density at radius 3 is 2.07 bits per heavy atom. The Morgan fingerprint density at radius 1 is 0.710 bits per heavy atom. The van der Waals surface area contributed by atoms with Crippen LogP contribution in [0.4, 0.5) is 22.7 Å². The minimum atomic E-state index is -0.187. The fourth-order valence-corrected chi connectivity index (χ4v) is 9.61. The number of para-hydroxylation sites is 2. The molecule has 0 saturated heterocycles. The molecule has 0 aromatic heterocycles. The second-order valence-electron chi connectivity index (χ2n) is 17.8. The molecular weight excluding hydrogens is 873 g/mol. The van der Waals surface area contributed by atoms with Gasteiger partial charge < -0.3 is 38.2 Å². The molecule has 0 radical (unpaired) electrons. The van der Waals surface area contributed by atoms with E-state index < -0.39 is 0 Å². The fourth-order valence-electron chi connectivity index (χ4n) is 9.61. The van der Waals surface area contributed by atoms with Gasteiger partial charge in [-0.3, -0.25) is 24.3 Å². The van der Waals surface area contributed by atoms with Gasteiger partial charge >= 0.3 is 0 Å². The Labute approximate surface area is 404 Å². The average Bonchev–Trinajstić information content (AvgIpc) is 3.86. The molecule has 2 amide bonds. The van der Waals surface area contributed by atoms with Crippen LogP contribution in [0.2, 0.25) is 0 Å². The number of carbonyl (C=O) groups is 3. The number of anilines is 3. The number of ether oxygens (including phenoxy) is 6. The van der Waals surface area contributed by atoms with Gasteiger partial charge in [0.2, 0.25) is 0 Å². The van der Waals surface area contributed by atoms with Crippen LogP contribution in [-0.4, -0.2) is 96.2 Å². The highest BCUT2D eigenvalue weighted by atomic mass is 16.5. The zero-order valence-corrected chi connectivity index (χ0v) is 39.9. The highest BCUT2D eigenvalue weighted by molar-refractivity contribution is 6.15. The molecule has 4 aliphatic heterocycles. The summed E-state index contributed by atoms with van der Waals surface area (Å²) < 4.78 is 35.8. The summed E-state index contributed by atoms with van der Waals surface area (Å²) in [7, 11) is 3.21. The first-order valence-corrected chi connectivity index (χ1v) is 23.9. The van der Waals surface area contributed by atoms with Crippen LogP contribution in [0.5, 0.6) is 17.2 Å². The van der Waals surface area contributed by atoms with Crippen molar-refractivity contribution in [3.05, 3.63) is 142 Å². The number of hydrogen-bond acceptors (Lipinski definition) is 11. The minimum absolute atomic E-state index is 0.0177. The summed E-state index contributed by atoms with van der Waals surface area (Å²) in [4.78, 5) is 51.4. The highest BCUT2D eigenvalue weighted by Crippen LogP contribution is 2.42. The van der Waals surface area contributed by atoms with E-state index in [1.54, 1.807) is 26.4 Å². The molecule has 4 aliphatic rings. The second-order valence-corrected chi connectivity index (χ2v) is 17.8. The van der Waals surface area contributed by atoms with Gasteiger partial charge in [-0.2, -0.15) is 0 Å². The molecule has 5 aromatic carbocycles. The van der Waals surface area contributed by atoms with Crippen molar-refractivity contribution in [2.45, 2.75) is 71.2 Å². The van der Waals surface area contributed by atoms with Crippen LogP contribution in [0.25, 0.3) is 6.08 Å². The molecule has 0 spiro atoms. The first-order chi connectivity index (χ1) is 33.7. The summed E-state index contributed by atoms with van der Waals surface area (Å²) in [5.74, 6) is 1.62. The van der Waals surface area contributed by atoms with Gasteiger partial charge in [0.1, 0.15) is 24.7 Å². The molecule has 0 fully saturated rings. The molecule has 0 unspecified atom stereocenters. The van der Waals surface area contributed by atoms with Gasteiger partial charge in [-0.15, -0.1) is 0 Å². The van der Waals surface area contributed by atoms with Gasteiger partial charge in [-0.05, 0) is 102 Å². The maximum Gasteiger partial charge on any atom is 0.261 e. The Hall–Kier alpha value is -6.80. The monoisotopic (exact) mass is 932 g/mol. The maximum absolute atomic E-state index is 14.1. The highest BCUT2D eigenvalue weighted by Gasteiger charge is 2.37. The van der Waals surface area contributed by atoms with Crippen molar-refractivity contribution in [2.75, 3.05) is 75.0 Å². The lowest BCUT2D eigenvalue weighted by molar-refractivity contribution is -0.118. The maximum atomic E-state index is 14.1. The van der Waals surface area contributed by atoms with Gasteiger partial charge in [-0.25, -0.2) is 0 Å². The van der Waals surface area contributed by atoms with E-state index in [0.29, 0.717) is 106 Å². The Balaban J connectivity index is 0.981. The summed E-state index contributed by atoms with van der Waals surface area (Å²) in [5, 5.41) is 0. The smallest absolute Gasteiger partial charge is 0.261 e. The van der Waals surface area contributed by atoms with Crippen LogP contribution in [-0.2, 0) is 45.1 Å². The lowest BCUT2D eigenvalue weighted by Crippen LogP contribution is -2.37. The van der Waals surface area contributed by atoms with Crippen molar-refractivity contribution < 1.29 is 42.8 Å². The van der Waals surface area contributed by atoms with E-state index in [9.17, 15) is 14.4 Å². The third kappa shape index (κ3) is 10.5. The van der Waals surface area contributed by atoms with E-state index in [-0.39, 0.29) is 42.9 Å². The van der Waals surface area contributed by atoms with Gasteiger partial charge in [0.25, 0.3) is 11.8 Å². The van der Waals surface area contributed by atoms with Crippen molar-refractivity contribution in [3.8, 4) is 17.2 Å². The zero-order chi connectivity index (χ0) is 47.9. The van der Waals surface area contributed by atoms with Crippen LogP contribution in [0, 0.1) is 6.92 Å². The van der Waals surface area contributed by atoms with Crippen LogP contribution in [0.3, 0.4) is 0 Å².